The average Bonchev–Trinajstić information content (AvgIpc) is 2.13. The molecule has 52 valence electrons. The van der Waals surface area contributed by atoms with Crippen LogP contribution >= 0.6 is 0 Å². The van der Waals surface area contributed by atoms with Crippen LogP contribution in [-0.2, 0) is 0 Å². The van der Waals surface area contributed by atoms with Crippen molar-refractivity contribution in [2.24, 2.45) is 5.41 Å². The molecule has 1 atom stereocenters. The van der Waals surface area contributed by atoms with E-state index in [4.69, 9.17) is 0 Å². The Bertz CT molecular complexity index is 133. The Labute approximate surface area is 58.0 Å². The standard InChI is InChI=1S/C9H16/c1-4-9(3)6-5-8(2)7-9/h7H,4-6H2,1-3H3. The number of allylic oxidation sites excluding steroid dienone is 2. The third-order valence-electron chi connectivity index (χ3n) is 2.49. The van der Waals surface area contributed by atoms with E-state index in [1.165, 1.54) is 19.3 Å². The van der Waals surface area contributed by atoms with Gasteiger partial charge in [0.25, 0.3) is 0 Å². The molecule has 0 nitrogen and oxygen atoms in total. The van der Waals surface area contributed by atoms with Crippen LogP contribution in [0.25, 0.3) is 0 Å². The first-order valence-electron chi connectivity index (χ1n) is 3.85. The molecule has 0 spiro atoms. The number of hydrogen-bond donors (Lipinski definition) is 0. The van der Waals surface area contributed by atoms with Gasteiger partial charge < -0.3 is 0 Å². The van der Waals surface area contributed by atoms with E-state index in [9.17, 15) is 0 Å². The van der Waals surface area contributed by atoms with Crippen molar-refractivity contribution < 1.29 is 0 Å². The molecule has 1 aliphatic carbocycles. The SMILES string of the molecule is CCC1(C)C=C(C)CC1. The van der Waals surface area contributed by atoms with Crippen LogP contribution in [0.5, 0.6) is 0 Å². The highest BCUT2D eigenvalue weighted by molar-refractivity contribution is 5.13. The van der Waals surface area contributed by atoms with Crippen molar-refractivity contribution in [1.29, 1.82) is 0 Å². The van der Waals surface area contributed by atoms with Crippen molar-refractivity contribution in [2.45, 2.75) is 40.0 Å². The van der Waals surface area contributed by atoms with Gasteiger partial charge in [-0.2, -0.15) is 0 Å². The molecule has 0 N–H and O–H groups in total. The van der Waals surface area contributed by atoms with Gasteiger partial charge in [-0.05, 0) is 31.6 Å². The van der Waals surface area contributed by atoms with Crippen molar-refractivity contribution in [3.05, 3.63) is 11.6 Å². The summed E-state index contributed by atoms with van der Waals surface area (Å²) in [4.78, 5) is 0. The summed E-state index contributed by atoms with van der Waals surface area (Å²) in [7, 11) is 0. The van der Waals surface area contributed by atoms with E-state index < -0.39 is 0 Å². The second-order valence-corrected chi connectivity index (χ2v) is 3.50. The molecular weight excluding hydrogens is 108 g/mol. The monoisotopic (exact) mass is 124 g/mol. The Morgan fingerprint density at radius 3 is 2.56 bits per heavy atom. The molecule has 1 unspecified atom stereocenters. The summed E-state index contributed by atoms with van der Waals surface area (Å²) in [6.45, 7) is 6.86. The molecule has 1 aliphatic rings. The topological polar surface area (TPSA) is 0 Å². The largest absolute Gasteiger partial charge is 0.0797 e. The second-order valence-electron chi connectivity index (χ2n) is 3.50. The predicted octanol–water partition coefficient (Wildman–Crippen LogP) is 3.14. The fourth-order valence-electron chi connectivity index (χ4n) is 1.50. The minimum absolute atomic E-state index is 0.546. The Balaban J connectivity index is 2.64. The van der Waals surface area contributed by atoms with Crippen LogP contribution in [0.2, 0.25) is 0 Å². The summed E-state index contributed by atoms with van der Waals surface area (Å²) in [5.41, 5.74) is 2.13. The van der Waals surface area contributed by atoms with E-state index in [0.717, 1.165) is 0 Å². The van der Waals surface area contributed by atoms with E-state index >= 15 is 0 Å². The summed E-state index contributed by atoms with van der Waals surface area (Å²) < 4.78 is 0. The van der Waals surface area contributed by atoms with E-state index in [1.807, 2.05) is 0 Å². The molecule has 0 radical (unpaired) electrons. The molecule has 0 aromatic heterocycles. The summed E-state index contributed by atoms with van der Waals surface area (Å²) in [5.74, 6) is 0. The third kappa shape index (κ3) is 1.35. The highest BCUT2D eigenvalue weighted by Gasteiger charge is 2.23. The zero-order valence-corrected chi connectivity index (χ0v) is 6.70. The Morgan fingerprint density at radius 2 is 2.33 bits per heavy atom. The highest BCUT2D eigenvalue weighted by Crippen LogP contribution is 2.37. The van der Waals surface area contributed by atoms with Crippen LogP contribution in [0.15, 0.2) is 11.6 Å². The summed E-state index contributed by atoms with van der Waals surface area (Å²) in [6, 6.07) is 0. The van der Waals surface area contributed by atoms with Crippen molar-refractivity contribution in [2.75, 3.05) is 0 Å². The van der Waals surface area contributed by atoms with Crippen LogP contribution < -0.4 is 0 Å². The molecule has 0 bridgehead atoms. The average molecular weight is 124 g/mol. The normalized spacial score (nSPS) is 34.8. The molecule has 0 heterocycles. The van der Waals surface area contributed by atoms with E-state index in [1.54, 1.807) is 5.57 Å². The number of rotatable bonds is 1. The Hall–Kier alpha value is -0.260. The van der Waals surface area contributed by atoms with Gasteiger partial charge in [-0.25, -0.2) is 0 Å². The predicted molar refractivity (Wildman–Crippen MR) is 41.4 cm³/mol. The van der Waals surface area contributed by atoms with Gasteiger partial charge in [0.05, 0.1) is 0 Å². The van der Waals surface area contributed by atoms with Crippen molar-refractivity contribution in [3.8, 4) is 0 Å². The van der Waals surface area contributed by atoms with E-state index in [-0.39, 0.29) is 0 Å². The van der Waals surface area contributed by atoms with Gasteiger partial charge in [0.1, 0.15) is 0 Å². The molecule has 0 aromatic carbocycles. The first-order chi connectivity index (χ1) is 4.16. The smallest absolute Gasteiger partial charge is 0.0144 e. The molecule has 1 rings (SSSR count). The molecule has 0 amide bonds. The van der Waals surface area contributed by atoms with Gasteiger partial charge in [0.15, 0.2) is 0 Å². The Kier molecular flexibility index (Phi) is 1.65. The third-order valence-corrected chi connectivity index (χ3v) is 2.49. The second kappa shape index (κ2) is 2.17. The zero-order chi connectivity index (χ0) is 6.91. The molecule has 9 heavy (non-hydrogen) atoms. The van der Waals surface area contributed by atoms with Crippen LogP contribution in [-0.4, -0.2) is 0 Å². The van der Waals surface area contributed by atoms with Crippen LogP contribution in [0.1, 0.15) is 40.0 Å². The zero-order valence-electron chi connectivity index (χ0n) is 6.70. The molecule has 0 saturated heterocycles. The molecule has 0 aromatic rings. The van der Waals surface area contributed by atoms with Gasteiger partial charge in [0, 0.05) is 0 Å². The van der Waals surface area contributed by atoms with Gasteiger partial charge in [-0.3, -0.25) is 0 Å². The molecule has 0 heteroatoms. The minimum atomic E-state index is 0.546. The summed E-state index contributed by atoms with van der Waals surface area (Å²) >= 11 is 0. The van der Waals surface area contributed by atoms with Crippen LogP contribution in [0.4, 0.5) is 0 Å². The quantitative estimate of drug-likeness (QED) is 0.471. The molecular formula is C9H16. The van der Waals surface area contributed by atoms with Gasteiger partial charge in [0.2, 0.25) is 0 Å². The van der Waals surface area contributed by atoms with Crippen molar-refractivity contribution in [1.82, 2.24) is 0 Å². The maximum atomic E-state index is 2.44. The van der Waals surface area contributed by atoms with E-state index in [2.05, 4.69) is 26.8 Å². The van der Waals surface area contributed by atoms with Crippen molar-refractivity contribution >= 4 is 0 Å². The molecule has 0 saturated carbocycles. The lowest BCUT2D eigenvalue weighted by atomic mass is 9.88. The highest BCUT2D eigenvalue weighted by atomic mass is 14.3. The van der Waals surface area contributed by atoms with Gasteiger partial charge >= 0.3 is 0 Å². The maximum Gasteiger partial charge on any atom is -0.0144 e. The van der Waals surface area contributed by atoms with Crippen LogP contribution in [0, 0.1) is 5.41 Å². The Morgan fingerprint density at radius 1 is 1.67 bits per heavy atom. The fourth-order valence-corrected chi connectivity index (χ4v) is 1.50. The number of hydrogen-bond acceptors (Lipinski definition) is 0. The van der Waals surface area contributed by atoms with Crippen LogP contribution in [0.3, 0.4) is 0 Å². The van der Waals surface area contributed by atoms with Crippen molar-refractivity contribution in [3.63, 3.8) is 0 Å². The first-order valence-corrected chi connectivity index (χ1v) is 3.85. The van der Waals surface area contributed by atoms with Gasteiger partial charge in [-0.1, -0.05) is 25.5 Å². The lowest BCUT2D eigenvalue weighted by Gasteiger charge is -2.17. The minimum Gasteiger partial charge on any atom is -0.0797 e. The summed E-state index contributed by atoms with van der Waals surface area (Å²) in [6.07, 6.45) is 6.43. The van der Waals surface area contributed by atoms with E-state index in [0.29, 0.717) is 5.41 Å². The maximum absolute atomic E-state index is 2.44. The molecule has 0 aliphatic heterocycles. The lowest BCUT2D eigenvalue weighted by Crippen LogP contribution is -2.05. The lowest BCUT2D eigenvalue weighted by molar-refractivity contribution is 0.403. The summed E-state index contributed by atoms with van der Waals surface area (Å²) in [5, 5.41) is 0. The fraction of sp³-hybridized carbons (Fsp3) is 0.778. The first kappa shape index (κ1) is 6.85. The molecule has 0 fully saturated rings. The van der Waals surface area contributed by atoms with Gasteiger partial charge in [-0.15, -0.1) is 0 Å².